The molecule has 2 aliphatic rings. The van der Waals surface area contributed by atoms with E-state index in [1.54, 1.807) is 13.3 Å². The monoisotopic (exact) mass is 488 g/mol. The Morgan fingerprint density at radius 1 is 1.00 bits per heavy atom. The van der Waals surface area contributed by atoms with Gasteiger partial charge in [-0.15, -0.1) is 0 Å². The summed E-state index contributed by atoms with van der Waals surface area (Å²) in [4.78, 5) is 11.6. The molecule has 0 amide bonds. The van der Waals surface area contributed by atoms with Crippen LogP contribution in [0.4, 0.5) is 11.6 Å². The van der Waals surface area contributed by atoms with Gasteiger partial charge in [-0.05, 0) is 74.5 Å². The van der Waals surface area contributed by atoms with Crippen molar-refractivity contribution in [3.63, 3.8) is 0 Å². The van der Waals surface area contributed by atoms with E-state index in [0.29, 0.717) is 43.9 Å². The maximum absolute atomic E-state index is 6.16. The van der Waals surface area contributed by atoms with Crippen LogP contribution >= 0.6 is 0 Å². The molecule has 8 nitrogen and oxygen atoms in total. The summed E-state index contributed by atoms with van der Waals surface area (Å²) in [6.07, 6.45) is 8.20. The van der Waals surface area contributed by atoms with E-state index in [4.69, 9.17) is 23.9 Å². The minimum absolute atomic E-state index is 0.403. The Kier molecular flexibility index (Phi) is 7.95. The molecule has 6 bridgehead atoms. The van der Waals surface area contributed by atoms with Gasteiger partial charge in [-0.2, -0.15) is 0 Å². The molecule has 3 heterocycles. The smallest absolute Gasteiger partial charge is 0.227 e. The number of hydrogen-bond acceptors (Lipinski definition) is 8. The molecule has 1 saturated heterocycles. The number of fused-ring (bicyclic) bond motifs is 7. The Bertz CT molecular complexity index is 1190. The average Bonchev–Trinajstić information content (AvgIpc) is 3.42. The first-order valence-corrected chi connectivity index (χ1v) is 12.4. The summed E-state index contributed by atoms with van der Waals surface area (Å²) >= 11 is 0. The molecule has 36 heavy (non-hydrogen) atoms. The van der Waals surface area contributed by atoms with Crippen molar-refractivity contribution in [2.75, 3.05) is 51.9 Å². The van der Waals surface area contributed by atoms with Gasteiger partial charge in [-0.1, -0.05) is 6.08 Å². The van der Waals surface area contributed by atoms with Crippen molar-refractivity contribution < 1.29 is 18.9 Å². The summed E-state index contributed by atoms with van der Waals surface area (Å²) in [6.45, 7) is 5.21. The largest absolute Gasteiger partial charge is 0.493 e. The Labute approximate surface area is 211 Å². The molecule has 0 atom stereocenters. The molecule has 0 spiro atoms. The standard InChI is InChI=1S/C28H32N4O4/c1-33-26-8-6-21-19-27(26)35-16-5-4-15-34-20-22-18-23(30-28-29-11-10-24(21)31-28)7-9-25(22)36-17-14-32-12-2-3-13-32/h4-11,18-19H,2-3,12-17,20H2,1H3,(H,29,30,31)/b5-4+. The molecular weight excluding hydrogens is 456 g/mol. The van der Waals surface area contributed by atoms with E-state index in [2.05, 4.69) is 15.2 Å². The van der Waals surface area contributed by atoms with Crippen molar-refractivity contribution in [3.05, 3.63) is 66.4 Å². The van der Waals surface area contributed by atoms with E-state index in [1.165, 1.54) is 12.8 Å². The molecule has 1 fully saturated rings. The zero-order valence-electron chi connectivity index (χ0n) is 20.6. The molecule has 1 N–H and O–H groups in total. The van der Waals surface area contributed by atoms with Crippen LogP contribution in [0.3, 0.4) is 0 Å². The Balaban J connectivity index is 1.39. The molecule has 8 heteroatoms. The second-order valence-corrected chi connectivity index (χ2v) is 8.77. The summed E-state index contributed by atoms with van der Waals surface area (Å²) in [5.41, 5.74) is 3.54. The summed E-state index contributed by atoms with van der Waals surface area (Å²) in [5.74, 6) is 2.66. The average molecular weight is 489 g/mol. The SMILES string of the molecule is COc1ccc2cc1OC/C=C/COCc1cc(ccc1OCCN1CCCC1)Nc1nccc-2n1. The van der Waals surface area contributed by atoms with Crippen molar-refractivity contribution in [1.29, 1.82) is 0 Å². The van der Waals surface area contributed by atoms with E-state index < -0.39 is 0 Å². The van der Waals surface area contributed by atoms with Gasteiger partial charge < -0.3 is 24.3 Å². The van der Waals surface area contributed by atoms with Crippen molar-refractivity contribution in [1.82, 2.24) is 14.9 Å². The predicted molar refractivity (Wildman–Crippen MR) is 139 cm³/mol. The van der Waals surface area contributed by atoms with Gasteiger partial charge in [0.1, 0.15) is 19.0 Å². The molecule has 188 valence electrons. The zero-order valence-corrected chi connectivity index (χ0v) is 20.6. The van der Waals surface area contributed by atoms with E-state index in [1.807, 2.05) is 54.6 Å². The van der Waals surface area contributed by atoms with Gasteiger partial charge >= 0.3 is 0 Å². The number of likely N-dealkylation sites (tertiary alicyclic amines) is 1. The van der Waals surface area contributed by atoms with Crippen molar-refractivity contribution in [2.45, 2.75) is 19.4 Å². The zero-order chi connectivity index (χ0) is 24.6. The molecule has 0 radical (unpaired) electrons. The van der Waals surface area contributed by atoms with E-state index >= 15 is 0 Å². The number of ether oxygens (including phenoxy) is 4. The van der Waals surface area contributed by atoms with Gasteiger partial charge in [0.05, 0.1) is 26.0 Å². The minimum atomic E-state index is 0.403. The number of rotatable bonds is 5. The number of nitrogens with zero attached hydrogens (tertiary/aromatic N) is 3. The van der Waals surface area contributed by atoms with Crippen LogP contribution in [0, 0.1) is 0 Å². The third-order valence-electron chi connectivity index (χ3n) is 6.27. The Hall–Kier alpha value is -3.62. The van der Waals surface area contributed by atoms with Gasteiger partial charge in [0.25, 0.3) is 0 Å². The number of hydrogen-bond donors (Lipinski definition) is 1. The highest BCUT2D eigenvalue weighted by Crippen LogP contribution is 2.32. The fourth-order valence-corrected chi connectivity index (χ4v) is 4.37. The lowest BCUT2D eigenvalue weighted by Gasteiger charge is -2.17. The van der Waals surface area contributed by atoms with Crippen molar-refractivity contribution >= 4 is 11.6 Å². The van der Waals surface area contributed by atoms with Gasteiger partial charge in [-0.3, -0.25) is 4.90 Å². The normalized spacial score (nSPS) is 16.9. The molecule has 2 aliphatic heterocycles. The molecule has 3 aromatic rings. The number of aromatic nitrogens is 2. The topological polar surface area (TPSA) is 78.0 Å². The summed E-state index contributed by atoms with van der Waals surface area (Å²) in [6, 6.07) is 13.7. The van der Waals surface area contributed by atoms with Gasteiger partial charge in [0.2, 0.25) is 5.95 Å². The van der Waals surface area contributed by atoms with Crippen LogP contribution in [0.1, 0.15) is 18.4 Å². The second kappa shape index (κ2) is 11.9. The van der Waals surface area contributed by atoms with Crippen LogP contribution in [0.2, 0.25) is 0 Å². The van der Waals surface area contributed by atoms with Crippen LogP contribution in [-0.4, -0.2) is 61.4 Å². The predicted octanol–water partition coefficient (Wildman–Crippen LogP) is 4.84. The van der Waals surface area contributed by atoms with Gasteiger partial charge in [0.15, 0.2) is 11.5 Å². The van der Waals surface area contributed by atoms with Crippen LogP contribution in [0.5, 0.6) is 17.2 Å². The maximum Gasteiger partial charge on any atom is 0.227 e. The van der Waals surface area contributed by atoms with E-state index in [0.717, 1.165) is 47.9 Å². The summed E-state index contributed by atoms with van der Waals surface area (Å²) in [7, 11) is 1.63. The fraction of sp³-hybridized carbons (Fsp3) is 0.357. The van der Waals surface area contributed by atoms with Crippen LogP contribution in [-0.2, 0) is 11.3 Å². The maximum atomic E-state index is 6.16. The van der Waals surface area contributed by atoms with Gasteiger partial charge in [-0.25, -0.2) is 9.97 Å². The highest BCUT2D eigenvalue weighted by atomic mass is 16.5. The second-order valence-electron chi connectivity index (χ2n) is 8.77. The van der Waals surface area contributed by atoms with Crippen molar-refractivity contribution in [2.24, 2.45) is 0 Å². The first-order chi connectivity index (χ1) is 17.8. The summed E-state index contributed by atoms with van der Waals surface area (Å²) < 4.78 is 23.5. The molecule has 0 aliphatic carbocycles. The van der Waals surface area contributed by atoms with E-state index in [9.17, 15) is 0 Å². The molecule has 0 saturated carbocycles. The van der Waals surface area contributed by atoms with Crippen molar-refractivity contribution in [3.8, 4) is 28.5 Å². The van der Waals surface area contributed by atoms with Crippen LogP contribution in [0.15, 0.2) is 60.8 Å². The minimum Gasteiger partial charge on any atom is -0.493 e. The number of methoxy groups -OCH3 is 1. The van der Waals surface area contributed by atoms with Gasteiger partial charge in [0, 0.05) is 29.6 Å². The van der Waals surface area contributed by atoms with E-state index in [-0.39, 0.29) is 0 Å². The fourth-order valence-electron chi connectivity index (χ4n) is 4.37. The third-order valence-corrected chi connectivity index (χ3v) is 6.27. The number of benzene rings is 2. The highest BCUT2D eigenvalue weighted by Gasteiger charge is 2.13. The summed E-state index contributed by atoms with van der Waals surface area (Å²) in [5, 5.41) is 3.32. The highest BCUT2D eigenvalue weighted by molar-refractivity contribution is 5.66. The Morgan fingerprint density at radius 2 is 1.86 bits per heavy atom. The lowest BCUT2D eigenvalue weighted by atomic mass is 10.1. The quantitative estimate of drug-likeness (QED) is 0.512. The first-order valence-electron chi connectivity index (χ1n) is 12.4. The van der Waals surface area contributed by atoms with Crippen LogP contribution in [0.25, 0.3) is 11.3 Å². The molecule has 5 rings (SSSR count). The molecule has 2 aromatic carbocycles. The molecule has 0 unspecified atom stereocenters. The molecule has 1 aromatic heterocycles. The van der Waals surface area contributed by atoms with Crippen LogP contribution < -0.4 is 19.5 Å². The third kappa shape index (κ3) is 6.13. The lowest BCUT2D eigenvalue weighted by Crippen LogP contribution is -2.25. The lowest BCUT2D eigenvalue weighted by molar-refractivity contribution is 0.144. The number of anilines is 2. The first kappa shape index (κ1) is 24.1. The molecular formula is C28H32N4O4. The number of nitrogens with one attached hydrogen (secondary N) is 1. The Morgan fingerprint density at radius 3 is 2.75 bits per heavy atom.